The average molecular weight is 314 g/mol. The third-order valence-corrected chi connectivity index (χ3v) is 3.86. The zero-order valence-corrected chi connectivity index (χ0v) is 9.71. The molecule has 0 radical (unpaired) electrons. The molecule has 1 N–H and O–H groups in total. The molecule has 5 atom stereocenters. The predicted molar refractivity (Wildman–Crippen MR) is 54.0 cm³/mol. The standard InChI is InChI=1S/C8H11IO5/c1-3(10)13-7-6(11)5(9)4-2-12-8(7)14-4/h4-8,11H,2H2,1H3/t4-,5-,6+,7+,8-/m1/s1. The zero-order chi connectivity index (χ0) is 10.3. The number of halogens is 1. The Hall–Kier alpha value is 0.0800. The number of hydrogen-bond acceptors (Lipinski definition) is 5. The fourth-order valence-electron chi connectivity index (χ4n) is 1.66. The van der Waals surface area contributed by atoms with Crippen molar-refractivity contribution in [2.24, 2.45) is 0 Å². The van der Waals surface area contributed by atoms with Gasteiger partial charge in [0.05, 0.1) is 16.6 Å². The van der Waals surface area contributed by atoms with Crippen molar-refractivity contribution < 1.29 is 24.1 Å². The molecular weight excluding hydrogens is 303 g/mol. The lowest BCUT2D eigenvalue weighted by atomic mass is 10.0. The maximum Gasteiger partial charge on any atom is 0.303 e. The predicted octanol–water partition coefficient (Wildman–Crippen LogP) is -0.162. The van der Waals surface area contributed by atoms with E-state index in [1.54, 1.807) is 0 Å². The fourth-order valence-corrected chi connectivity index (χ4v) is 2.45. The van der Waals surface area contributed by atoms with E-state index in [4.69, 9.17) is 14.2 Å². The van der Waals surface area contributed by atoms with Crippen LogP contribution in [0.1, 0.15) is 6.92 Å². The minimum absolute atomic E-state index is 0.0950. The number of carbonyl (C=O) groups is 1. The van der Waals surface area contributed by atoms with Gasteiger partial charge in [0, 0.05) is 6.92 Å². The van der Waals surface area contributed by atoms with Crippen molar-refractivity contribution in [3.63, 3.8) is 0 Å². The van der Waals surface area contributed by atoms with E-state index in [0.29, 0.717) is 6.61 Å². The summed E-state index contributed by atoms with van der Waals surface area (Å²) in [5.74, 6) is -0.435. The first-order valence-electron chi connectivity index (χ1n) is 4.36. The molecule has 2 rings (SSSR count). The summed E-state index contributed by atoms with van der Waals surface area (Å²) >= 11 is 2.09. The highest BCUT2D eigenvalue weighted by Gasteiger charge is 2.50. The number of fused-ring (bicyclic) bond motifs is 2. The van der Waals surface area contributed by atoms with Gasteiger partial charge in [0.25, 0.3) is 0 Å². The Morgan fingerprint density at radius 1 is 1.64 bits per heavy atom. The van der Waals surface area contributed by atoms with E-state index in [-0.39, 0.29) is 10.0 Å². The first kappa shape index (κ1) is 10.6. The molecular formula is C8H11IO5. The highest BCUT2D eigenvalue weighted by molar-refractivity contribution is 14.1. The van der Waals surface area contributed by atoms with Gasteiger partial charge in [0.2, 0.25) is 0 Å². The van der Waals surface area contributed by atoms with Crippen molar-refractivity contribution in [3.05, 3.63) is 0 Å². The van der Waals surface area contributed by atoms with Gasteiger partial charge in [0.15, 0.2) is 12.4 Å². The van der Waals surface area contributed by atoms with Gasteiger partial charge in [-0.05, 0) is 0 Å². The summed E-state index contributed by atoms with van der Waals surface area (Å²) in [5, 5.41) is 9.82. The molecule has 2 saturated heterocycles. The number of alkyl halides is 1. The van der Waals surface area contributed by atoms with Crippen LogP contribution >= 0.6 is 22.6 Å². The molecule has 2 aliphatic heterocycles. The van der Waals surface area contributed by atoms with Gasteiger partial charge in [-0.15, -0.1) is 0 Å². The molecule has 2 heterocycles. The van der Waals surface area contributed by atoms with E-state index in [9.17, 15) is 9.90 Å². The molecule has 2 fully saturated rings. The molecule has 2 aliphatic rings. The van der Waals surface area contributed by atoms with Gasteiger partial charge in [-0.2, -0.15) is 0 Å². The topological polar surface area (TPSA) is 65.0 Å². The van der Waals surface area contributed by atoms with Gasteiger partial charge in [-0.25, -0.2) is 0 Å². The zero-order valence-electron chi connectivity index (χ0n) is 7.55. The number of aliphatic hydroxyl groups is 1. The van der Waals surface area contributed by atoms with Crippen LogP contribution < -0.4 is 0 Å². The number of carbonyl (C=O) groups excluding carboxylic acids is 1. The number of esters is 1. The van der Waals surface area contributed by atoms with E-state index in [0.717, 1.165) is 0 Å². The van der Waals surface area contributed by atoms with Crippen LogP contribution in [0.5, 0.6) is 0 Å². The molecule has 80 valence electrons. The third kappa shape index (κ3) is 1.75. The van der Waals surface area contributed by atoms with Crippen molar-refractivity contribution in [1.29, 1.82) is 0 Å². The lowest BCUT2D eigenvalue weighted by Gasteiger charge is -2.34. The molecule has 0 aromatic rings. The van der Waals surface area contributed by atoms with Crippen molar-refractivity contribution in [2.75, 3.05) is 6.61 Å². The summed E-state index contributed by atoms with van der Waals surface area (Å²) < 4.78 is 15.6. The van der Waals surface area contributed by atoms with Crippen LogP contribution in [0.15, 0.2) is 0 Å². The second-order valence-corrected chi connectivity index (χ2v) is 4.82. The molecule has 2 bridgehead atoms. The monoisotopic (exact) mass is 314 g/mol. The summed E-state index contributed by atoms with van der Waals surface area (Å²) in [6, 6.07) is 0. The van der Waals surface area contributed by atoms with Gasteiger partial charge < -0.3 is 19.3 Å². The SMILES string of the molecule is CC(=O)O[C@@H]1[C@@H]2OC[C@@H](O2)[C@@H](I)[C@@H]1O. The second-order valence-electron chi connectivity index (χ2n) is 3.39. The lowest BCUT2D eigenvalue weighted by Crippen LogP contribution is -2.52. The van der Waals surface area contributed by atoms with Crippen LogP contribution in [0.2, 0.25) is 0 Å². The fraction of sp³-hybridized carbons (Fsp3) is 0.875. The van der Waals surface area contributed by atoms with Crippen LogP contribution in [0, 0.1) is 0 Å². The van der Waals surface area contributed by atoms with E-state index in [1.165, 1.54) is 6.92 Å². The molecule has 0 saturated carbocycles. The van der Waals surface area contributed by atoms with E-state index < -0.39 is 24.5 Å². The Kier molecular flexibility index (Phi) is 2.96. The van der Waals surface area contributed by atoms with Crippen molar-refractivity contribution in [3.8, 4) is 0 Å². The highest BCUT2D eigenvalue weighted by atomic mass is 127. The molecule has 6 heteroatoms. The Morgan fingerprint density at radius 2 is 2.36 bits per heavy atom. The summed E-state index contributed by atoms with van der Waals surface area (Å²) in [4.78, 5) is 10.8. The number of aliphatic hydroxyl groups excluding tert-OH is 1. The largest absolute Gasteiger partial charge is 0.454 e. The first-order chi connectivity index (χ1) is 6.59. The molecule has 5 nitrogen and oxygen atoms in total. The van der Waals surface area contributed by atoms with Crippen LogP contribution in [0.25, 0.3) is 0 Å². The normalized spacial score (nSPS) is 46.4. The van der Waals surface area contributed by atoms with E-state index in [1.807, 2.05) is 0 Å². The second kappa shape index (κ2) is 3.92. The third-order valence-electron chi connectivity index (χ3n) is 2.32. The number of hydrogen-bond donors (Lipinski definition) is 1. The molecule has 0 unspecified atom stereocenters. The molecule has 0 amide bonds. The lowest BCUT2D eigenvalue weighted by molar-refractivity contribution is -0.209. The van der Waals surface area contributed by atoms with Gasteiger partial charge >= 0.3 is 5.97 Å². The maximum atomic E-state index is 10.8. The van der Waals surface area contributed by atoms with E-state index in [2.05, 4.69) is 22.6 Å². The van der Waals surface area contributed by atoms with Crippen molar-refractivity contribution in [1.82, 2.24) is 0 Å². The van der Waals surface area contributed by atoms with Crippen LogP contribution in [-0.2, 0) is 19.0 Å². The summed E-state index contributed by atoms with van der Waals surface area (Å²) in [6.07, 6.45) is -2.12. The molecule has 0 aliphatic carbocycles. The smallest absolute Gasteiger partial charge is 0.303 e. The van der Waals surface area contributed by atoms with Crippen LogP contribution in [-0.4, -0.2) is 46.2 Å². The Labute approximate surface area is 94.8 Å². The minimum Gasteiger partial charge on any atom is -0.454 e. The minimum atomic E-state index is -0.717. The van der Waals surface area contributed by atoms with Crippen LogP contribution in [0.4, 0.5) is 0 Å². The van der Waals surface area contributed by atoms with E-state index >= 15 is 0 Å². The number of rotatable bonds is 1. The first-order valence-corrected chi connectivity index (χ1v) is 5.60. The summed E-state index contributed by atoms with van der Waals surface area (Å²) in [5.41, 5.74) is 0. The van der Waals surface area contributed by atoms with Gasteiger partial charge in [0.1, 0.15) is 6.10 Å². The highest BCUT2D eigenvalue weighted by Crippen LogP contribution is 2.34. The van der Waals surface area contributed by atoms with Gasteiger partial charge in [-0.1, -0.05) is 22.6 Å². The maximum absolute atomic E-state index is 10.8. The average Bonchev–Trinajstić information content (AvgIpc) is 2.55. The Balaban J connectivity index is 2.10. The molecule has 0 aromatic carbocycles. The number of ether oxygens (including phenoxy) is 3. The Morgan fingerprint density at radius 3 is 3.00 bits per heavy atom. The van der Waals surface area contributed by atoms with Gasteiger partial charge in [-0.3, -0.25) is 4.79 Å². The molecule has 0 spiro atoms. The summed E-state index contributed by atoms with van der Waals surface area (Å²) in [6.45, 7) is 1.75. The van der Waals surface area contributed by atoms with Crippen LogP contribution in [0.3, 0.4) is 0 Å². The molecule has 0 aromatic heterocycles. The molecule has 14 heavy (non-hydrogen) atoms. The quantitative estimate of drug-likeness (QED) is 0.414. The summed E-state index contributed by atoms with van der Waals surface area (Å²) in [7, 11) is 0. The van der Waals surface area contributed by atoms with Crippen molar-refractivity contribution >= 4 is 28.6 Å². The Bertz CT molecular complexity index is 246. The van der Waals surface area contributed by atoms with Crippen molar-refractivity contribution in [2.45, 2.75) is 35.5 Å².